The van der Waals surface area contributed by atoms with Gasteiger partial charge in [0.15, 0.2) is 37.7 Å². The Hall–Kier alpha value is -3.20. The molecular formula is C46H80N6O29. The Morgan fingerprint density at radius 1 is 0.383 bits per heavy atom. The summed E-state index contributed by atoms with van der Waals surface area (Å²) in [5.41, 5.74) is 6.35. The summed E-state index contributed by atoms with van der Waals surface area (Å²) in [6.45, 7) is -1.19. The zero-order valence-electron chi connectivity index (χ0n) is 45.0. The van der Waals surface area contributed by atoms with Gasteiger partial charge < -0.3 is 151 Å². The van der Waals surface area contributed by atoms with Crippen LogP contribution in [0.3, 0.4) is 0 Å². The molecule has 4 amide bonds. The van der Waals surface area contributed by atoms with Crippen LogP contribution in [0.2, 0.25) is 0 Å². The number of nitrogens with zero attached hydrogens (tertiary/aromatic N) is 1. The zero-order valence-corrected chi connectivity index (χ0v) is 45.0. The number of amides is 4. The number of carbonyl (C=O) groups excluding carboxylic acids is 4. The lowest BCUT2D eigenvalue weighted by Gasteiger charge is -2.51. The first-order valence-electron chi connectivity index (χ1n) is 26.1. The highest BCUT2D eigenvalue weighted by Gasteiger charge is 2.58. The quantitative estimate of drug-likeness (QED) is 0.0507. The molecule has 0 bridgehead atoms. The molecule has 30 atom stereocenters. The lowest BCUT2D eigenvalue weighted by Crippen LogP contribution is -2.72. The maximum atomic E-state index is 12.8. The summed E-state index contributed by atoms with van der Waals surface area (Å²) in [5.74, 6) is -3.05. The monoisotopic (exact) mass is 1180 g/mol. The van der Waals surface area contributed by atoms with E-state index in [9.17, 15) is 90.7 Å². The SMILES string of the molecule is CC(=O)N[C@H]1[C@H](O[C@H]2[C@H](O)[C@@H](N)[C@H](O[C@H]3[C@H](O)[C@@H](NC(C)=O)C(O)O[C@@H]3CO)O[C@@H]2CO)O[C@H](CO)[C@@H](O[C@@H]2O[C@H](CO)[C@@H](O[C@@H]3O[C@H](CO)[C@@H](O[C@@H]4O[C@H](CO)[C@@H](O)[C@H](O)[C@H]4N(C)C)[C@H](O)[C@H]3NC(C)=O)[C@H](O)[C@H]2NC(C)=O)[C@@H]1O. The number of likely N-dealkylation sites (N-methyl/N-ethyl adjacent to an activating group) is 1. The van der Waals surface area contributed by atoms with Crippen LogP contribution >= 0.6 is 0 Å². The van der Waals surface area contributed by atoms with E-state index in [0.29, 0.717) is 0 Å². The second-order valence-corrected chi connectivity index (χ2v) is 20.7. The van der Waals surface area contributed by atoms with E-state index < -0.39 is 247 Å². The minimum absolute atomic E-state index is 0.671. The van der Waals surface area contributed by atoms with Gasteiger partial charge in [0.25, 0.3) is 0 Å². The van der Waals surface area contributed by atoms with Crippen molar-refractivity contribution in [2.75, 3.05) is 53.7 Å². The predicted molar refractivity (Wildman–Crippen MR) is 259 cm³/mol. The average Bonchev–Trinajstić information content (AvgIpc) is 3.47. The number of nitrogens with two attached hydrogens (primary N) is 1. The zero-order chi connectivity index (χ0) is 60.1. The fraction of sp³-hybridized carbons (Fsp3) is 0.913. The Kier molecular flexibility index (Phi) is 24.2. The molecular weight excluding hydrogens is 1100 g/mol. The molecule has 0 aliphatic carbocycles. The number of aliphatic hydroxyl groups is 14. The molecule has 6 saturated heterocycles. The number of aliphatic hydroxyl groups excluding tert-OH is 14. The topological polar surface area (TPSA) is 530 Å². The first kappa shape index (κ1) is 66.9. The molecule has 0 aromatic rings. The van der Waals surface area contributed by atoms with Crippen molar-refractivity contribution in [2.45, 2.75) is 212 Å². The van der Waals surface area contributed by atoms with E-state index >= 15 is 0 Å². The Labute approximate surface area is 462 Å². The first-order chi connectivity index (χ1) is 38.2. The van der Waals surface area contributed by atoms with Gasteiger partial charge in [-0.3, -0.25) is 24.1 Å². The average molecular weight is 1180 g/mol. The van der Waals surface area contributed by atoms with Gasteiger partial charge >= 0.3 is 0 Å². The van der Waals surface area contributed by atoms with Gasteiger partial charge in [0.2, 0.25) is 23.6 Å². The largest absolute Gasteiger partial charge is 0.394 e. The van der Waals surface area contributed by atoms with Crippen molar-refractivity contribution in [1.82, 2.24) is 26.2 Å². The van der Waals surface area contributed by atoms with Gasteiger partial charge in [-0.15, -0.1) is 0 Å². The van der Waals surface area contributed by atoms with Gasteiger partial charge in [0, 0.05) is 27.7 Å². The van der Waals surface area contributed by atoms with Gasteiger partial charge in [0.1, 0.15) is 134 Å². The highest BCUT2D eigenvalue weighted by Crippen LogP contribution is 2.37. The smallest absolute Gasteiger partial charge is 0.217 e. The number of nitrogens with one attached hydrogen (secondary N) is 4. The van der Waals surface area contributed by atoms with E-state index in [4.69, 9.17) is 57.8 Å². The van der Waals surface area contributed by atoms with E-state index in [1.54, 1.807) is 0 Å². The second-order valence-electron chi connectivity index (χ2n) is 20.7. The number of rotatable bonds is 21. The number of hydrogen-bond acceptors (Lipinski definition) is 31. The van der Waals surface area contributed by atoms with Crippen molar-refractivity contribution >= 4 is 23.6 Å². The summed E-state index contributed by atoms with van der Waals surface area (Å²) in [5, 5.41) is 163. The summed E-state index contributed by atoms with van der Waals surface area (Å²) in [4.78, 5) is 51.4. The van der Waals surface area contributed by atoms with Crippen LogP contribution < -0.4 is 27.0 Å². The molecule has 6 aliphatic heterocycles. The molecule has 6 heterocycles. The molecule has 6 aliphatic rings. The summed E-state index contributed by atoms with van der Waals surface area (Å²) in [6.07, 6.45) is -41.0. The molecule has 0 radical (unpaired) electrons. The summed E-state index contributed by atoms with van der Waals surface area (Å²) >= 11 is 0. The fourth-order valence-electron chi connectivity index (χ4n) is 10.7. The molecule has 81 heavy (non-hydrogen) atoms. The minimum Gasteiger partial charge on any atom is -0.394 e. The minimum atomic E-state index is -2.00. The molecule has 0 aromatic heterocycles. The number of hydrogen-bond donors (Lipinski definition) is 19. The van der Waals surface area contributed by atoms with Crippen molar-refractivity contribution in [1.29, 1.82) is 0 Å². The molecule has 468 valence electrons. The van der Waals surface area contributed by atoms with E-state index in [1.165, 1.54) is 19.0 Å². The van der Waals surface area contributed by atoms with Gasteiger partial charge in [-0.05, 0) is 14.1 Å². The highest BCUT2D eigenvalue weighted by molar-refractivity contribution is 5.74. The predicted octanol–water partition coefficient (Wildman–Crippen LogP) is -13.0. The molecule has 20 N–H and O–H groups in total. The van der Waals surface area contributed by atoms with Crippen molar-refractivity contribution < 1.29 is 143 Å². The van der Waals surface area contributed by atoms with Crippen LogP contribution in [0, 0.1) is 0 Å². The molecule has 6 rings (SSSR count). The van der Waals surface area contributed by atoms with Gasteiger partial charge in [-0.2, -0.15) is 0 Å². The maximum Gasteiger partial charge on any atom is 0.217 e. The molecule has 35 heteroatoms. The Balaban J connectivity index is 1.20. The highest BCUT2D eigenvalue weighted by atomic mass is 16.8. The van der Waals surface area contributed by atoms with Crippen molar-refractivity contribution in [3.63, 3.8) is 0 Å². The molecule has 0 spiro atoms. The normalized spacial score (nSPS) is 45.9. The van der Waals surface area contributed by atoms with Gasteiger partial charge in [-0.25, -0.2) is 0 Å². The molecule has 1 unspecified atom stereocenters. The third-order valence-electron chi connectivity index (χ3n) is 14.7. The van der Waals surface area contributed by atoms with Crippen LogP contribution in [-0.4, -0.2) is 338 Å². The Morgan fingerprint density at radius 3 is 0.988 bits per heavy atom. The van der Waals surface area contributed by atoms with Crippen molar-refractivity contribution in [2.24, 2.45) is 5.73 Å². The molecule has 0 aromatic carbocycles. The number of ether oxygens (including phenoxy) is 11. The van der Waals surface area contributed by atoms with Crippen LogP contribution in [0.15, 0.2) is 0 Å². The Bertz CT molecular complexity index is 2050. The van der Waals surface area contributed by atoms with Crippen LogP contribution in [0.5, 0.6) is 0 Å². The fourth-order valence-corrected chi connectivity index (χ4v) is 10.7. The third kappa shape index (κ3) is 15.1. The van der Waals surface area contributed by atoms with Crippen molar-refractivity contribution in [3.05, 3.63) is 0 Å². The first-order valence-corrected chi connectivity index (χ1v) is 26.1. The van der Waals surface area contributed by atoms with E-state index in [1.807, 2.05) is 0 Å². The standard InChI is InChI=1S/C46H80N6O29/c1-13(59)48-24-31(65)37(18(8-54)71-41(24)70)77-42-23(47)30(64)36(19(9-55)73-42)78-43-25(49-14(2)60)32(66)38(20(10-56)74-43)79-44-26(50-15(3)61)33(67)39(21(11-57)75-44)80-45-27(51-16(4)62)34(68)40(22(12-58)76-45)81-46-28(52(5)6)35(69)29(63)17(7-53)72-46/h17-46,53-58,63-70H,7-12,47H2,1-6H3,(H,48,59)(H,49,60)(H,50,61)(H,51,62)/t17-,18-,19-,20-,21-,22-,23-,24-,25-,26-,27-,28-,29-,30-,31-,32-,33-,34-,35-,36-,37-,38-,39-,40-,41?,42+,43+,44+,45+,46+/m1/s1. The van der Waals surface area contributed by atoms with Crippen LogP contribution in [0.1, 0.15) is 27.7 Å². The van der Waals surface area contributed by atoms with Crippen molar-refractivity contribution in [3.8, 4) is 0 Å². The van der Waals surface area contributed by atoms with Gasteiger partial charge in [-0.1, -0.05) is 0 Å². The van der Waals surface area contributed by atoms with E-state index in [2.05, 4.69) is 21.3 Å². The van der Waals surface area contributed by atoms with E-state index in [0.717, 1.165) is 27.7 Å². The molecule has 6 fully saturated rings. The van der Waals surface area contributed by atoms with Crippen LogP contribution in [0.25, 0.3) is 0 Å². The summed E-state index contributed by atoms with van der Waals surface area (Å²) in [7, 11) is 3.04. The van der Waals surface area contributed by atoms with Gasteiger partial charge in [0.05, 0.1) is 51.7 Å². The number of carbonyl (C=O) groups is 4. The van der Waals surface area contributed by atoms with Crippen LogP contribution in [-0.2, 0) is 71.3 Å². The lowest BCUT2D eigenvalue weighted by molar-refractivity contribution is -0.371. The van der Waals surface area contributed by atoms with Crippen LogP contribution in [0.4, 0.5) is 0 Å². The van der Waals surface area contributed by atoms with E-state index in [-0.39, 0.29) is 0 Å². The third-order valence-corrected chi connectivity index (χ3v) is 14.7. The molecule has 35 nitrogen and oxygen atoms in total. The maximum absolute atomic E-state index is 12.8. The second kappa shape index (κ2) is 29.3. The Morgan fingerprint density at radius 2 is 0.654 bits per heavy atom. The summed E-state index contributed by atoms with van der Waals surface area (Å²) in [6, 6.07) is -9.29. The lowest BCUT2D eigenvalue weighted by atomic mass is 9.93. The molecule has 0 saturated carbocycles. The summed E-state index contributed by atoms with van der Waals surface area (Å²) < 4.78 is 65.4.